The van der Waals surface area contributed by atoms with Gasteiger partial charge in [-0.15, -0.1) is 0 Å². The summed E-state index contributed by atoms with van der Waals surface area (Å²) in [5, 5.41) is 5.11. The molecule has 0 bridgehead atoms. The minimum atomic E-state index is 0.846. The van der Waals surface area contributed by atoms with Crippen molar-refractivity contribution < 1.29 is 4.74 Å². The van der Waals surface area contributed by atoms with Crippen LogP contribution in [0, 0.1) is 0 Å². The second-order valence-electron chi connectivity index (χ2n) is 9.02. The third kappa shape index (κ3) is 4.57. The highest BCUT2D eigenvalue weighted by Crippen LogP contribution is 2.35. The summed E-state index contributed by atoms with van der Waals surface area (Å²) in [6.45, 7) is 0. The lowest BCUT2D eigenvalue weighted by Crippen LogP contribution is -2.09. The first-order chi connectivity index (χ1) is 18.3. The zero-order valence-electron chi connectivity index (χ0n) is 20.7. The number of methoxy groups -OCH3 is 1. The van der Waals surface area contributed by atoms with E-state index in [1.54, 1.807) is 7.11 Å². The van der Waals surface area contributed by atoms with E-state index in [1.165, 1.54) is 27.1 Å². The minimum Gasteiger partial charge on any atom is -0.497 e. The molecular weight excluding hydrogens is 450 g/mol. The summed E-state index contributed by atoms with van der Waals surface area (Å²) in [7, 11) is 1.69. The second kappa shape index (κ2) is 10.0. The molecule has 6 aromatic rings. The van der Waals surface area contributed by atoms with E-state index < -0.39 is 0 Å². The molecule has 37 heavy (non-hydrogen) atoms. The van der Waals surface area contributed by atoms with E-state index in [1.807, 2.05) is 18.2 Å². The Balaban J connectivity index is 1.32. The van der Waals surface area contributed by atoms with Crippen LogP contribution in [0.15, 0.2) is 133 Å². The van der Waals surface area contributed by atoms with Gasteiger partial charge in [-0.05, 0) is 81.2 Å². The quantitative estimate of drug-likeness (QED) is 0.175. The summed E-state index contributed by atoms with van der Waals surface area (Å²) in [5.74, 6) is 0.846. The van der Waals surface area contributed by atoms with Gasteiger partial charge < -0.3 is 9.64 Å². The van der Waals surface area contributed by atoms with Crippen LogP contribution in [0.5, 0.6) is 5.75 Å². The fraction of sp³-hybridized carbons (Fsp3) is 0.0286. The van der Waals surface area contributed by atoms with Crippen LogP contribution in [0.1, 0.15) is 11.1 Å². The Morgan fingerprint density at radius 1 is 0.486 bits per heavy atom. The van der Waals surface area contributed by atoms with Crippen LogP contribution in [0.4, 0.5) is 17.1 Å². The number of hydrogen-bond donors (Lipinski definition) is 0. The Hall–Kier alpha value is -4.82. The molecule has 0 aromatic heterocycles. The maximum atomic E-state index is 5.36. The minimum absolute atomic E-state index is 0.846. The molecule has 0 aliphatic carbocycles. The Morgan fingerprint density at radius 3 is 1.89 bits per heavy atom. The van der Waals surface area contributed by atoms with Crippen molar-refractivity contribution in [1.29, 1.82) is 0 Å². The molecule has 2 nitrogen and oxygen atoms in total. The SMILES string of the molecule is COc1ccc(N(c2ccccc2)c2ccc(/C=C\c3cccc4c3ccc3ccccc34)cc2)cc1. The van der Waals surface area contributed by atoms with Crippen LogP contribution in [-0.2, 0) is 0 Å². The van der Waals surface area contributed by atoms with Gasteiger partial charge in [0.1, 0.15) is 5.75 Å². The first-order valence-electron chi connectivity index (χ1n) is 12.5. The Morgan fingerprint density at radius 2 is 1.14 bits per heavy atom. The molecule has 0 saturated carbocycles. The summed E-state index contributed by atoms with van der Waals surface area (Å²) in [6.07, 6.45) is 4.40. The van der Waals surface area contributed by atoms with Crippen molar-refractivity contribution >= 4 is 50.8 Å². The largest absolute Gasteiger partial charge is 0.497 e. The first kappa shape index (κ1) is 22.6. The lowest BCUT2D eigenvalue weighted by atomic mass is 9.98. The molecule has 0 atom stereocenters. The molecular formula is C35H27NO. The van der Waals surface area contributed by atoms with Crippen molar-refractivity contribution in [2.24, 2.45) is 0 Å². The normalized spacial score (nSPS) is 11.3. The number of fused-ring (bicyclic) bond motifs is 3. The van der Waals surface area contributed by atoms with E-state index in [0.29, 0.717) is 0 Å². The zero-order chi connectivity index (χ0) is 25.0. The number of benzene rings is 6. The Bertz CT molecular complexity index is 1680. The Labute approximate surface area is 217 Å². The molecule has 6 rings (SSSR count). The van der Waals surface area contributed by atoms with Crippen LogP contribution in [-0.4, -0.2) is 7.11 Å². The lowest BCUT2D eigenvalue weighted by Gasteiger charge is -2.25. The molecule has 0 unspecified atom stereocenters. The summed E-state index contributed by atoms with van der Waals surface area (Å²) in [6, 6.07) is 46.8. The van der Waals surface area contributed by atoms with Crippen molar-refractivity contribution in [3.05, 3.63) is 145 Å². The molecule has 0 fully saturated rings. The molecule has 0 N–H and O–H groups in total. The molecule has 0 aliphatic rings. The number of anilines is 3. The monoisotopic (exact) mass is 477 g/mol. The van der Waals surface area contributed by atoms with E-state index >= 15 is 0 Å². The van der Waals surface area contributed by atoms with Gasteiger partial charge in [-0.25, -0.2) is 0 Å². The van der Waals surface area contributed by atoms with E-state index in [4.69, 9.17) is 4.74 Å². The lowest BCUT2D eigenvalue weighted by molar-refractivity contribution is 0.415. The molecule has 0 heterocycles. The van der Waals surface area contributed by atoms with Gasteiger partial charge in [0.2, 0.25) is 0 Å². The number of ether oxygens (including phenoxy) is 1. The van der Waals surface area contributed by atoms with E-state index in [9.17, 15) is 0 Å². The van der Waals surface area contributed by atoms with Crippen molar-refractivity contribution in [3.63, 3.8) is 0 Å². The fourth-order valence-electron chi connectivity index (χ4n) is 4.89. The molecule has 0 aliphatic heterocycles. The van der Waals surface area contributed by atoms with Crippen molar-refractivity contribution in [1.82, 2.24) is 0 Å². The maximum absolute atomic E-state index is 5.36. The van der Waals surface area contributed by atoms with Crippen LogP contribution in [0.25, 0.3) is 33.7 Å². The van der Waals surface area contributed by atoms with Crippen molar-refractivity contribution in [2.45, 2.75) is 0 Å². The third-order valence-corrected chi connectivity index (χ3v) is 6.77. The van der Waals surface area contributed by atoms with Gasteiger partial charge in [-0.3, -0.25) is 0 Å². The molecule has 178 valence electrons. The summed E-state index contributed by atoms with van der Waals surface area (Å²) < 4.78 is 5.36. The standard InChI is InChI=1S/C35H27NO/c1-37-32-23-21-31(22-24-32)36(29-10-3-2-4-11-29)30-19-15-26(16-20-30)14-17-28-9-7-13-35-33-12-6-5-8-27(33)18-25-34(28)35/h2-25H,1H3/b17-14-. The van der Waals surface area contributed by atoms with Gasteiger partial charge >= 0.3 is 0 Å². The molecule has 2 heteroatoms. The number of nitrogens with zero attached hydrogens (tertiary/aromatic N) is 1. The molecule has 0 saturated heterocycles. The average Bonchev–Trinajstić information content (AvgIpc) is 2.97. The average molecular weight is 478 g/mol. The fourth-order valence-corrected chi connectivity index (χ4v) is 4.89. The van der Waals surface area contributed by atoms with Crippen molar-refractivity contribution in [2.75, 3.05) is 12.0 Å². The smallest absolute Gasteiger partial charge is 0.119 e. The highest BCUT2D eigenvalue weighted by Gasteiger charge is 2.12. The summed E-state index contributed by atoms with van der Waals surface area (Å²) >= 11 is 0. The highest BCUT2D eigenvalue weighted by atomic mass is 16.5. The Kier molecular flexibility index (Phi) is 6.14. The zero-order valence-corrected chi connectivity index (χ0v) is 20.7. The van der Waals surface area contributed by atoms with Crippen molar-refractivity contribution in [3.8, 4) is 5.75 Å². The van der Waals surface area contributed by atoms with Gasteiger partial charge in [0.25, 0.3) is 0 Å². The van der Waals surface area contributed by atoms with Gasteiger partial charge in [-0.2, -0.15) is 0 Å². The number of para-hydroxylation sites is 1. The third-order valence-electron chi connectivity index (χ3n) is 6.77. The van der Waals surface area contributed by atoms with Gasteiger partial charge in [0, 0.05) is 17.1 Å². The molecule has 0 radical (unpaired) electrons. The summed E-state index contributed by atoms with van der Waals surface area (Å²) in [5.41, 5.74) is 5.67. The van der Waals surface area contributed by atoms with E-state index in [2.05, 4.69) is 132 Å². The number of hydrogen-bond acceptors (Lipinski definition) is 2. The number of rotatable bonds is 6. The van der Waals surface area contributed by atoms with E-state index in [0.717, 1.165) is 28.4 Å². The second-order valence-corrected chi connectivity index (χ2v) is 9.02. The maximum Gasteiger partial charge on any atom is 0.119 e. The molecule has 0 spiro atoms. The van der Waals surface area contributed by atoms with E-state index in [-0.39, 0.29) is 0 Å². The van der Waals surface area contributed by atoms with Crippen LogP contribution >= 0.6 is 0 Å². The van der Waals surface area contributed by atoms with Crippen LogP contribution in [0.2, 0.25) is 0 Å². The van der Waals surface area contributed by atoms with Gasteiger partial charge in [-0.1, -0.05) is 97.1 Å². The predicted octanol–water partition coefficient (Wildman–Crippen LogP) is 9.64. The predicted molar refractivity (Wildman–Crippen MR) is 158 cm³/mol. The van der Waals surface area contributed by atoms with Crippen LogP contribution in [0.3, 0.4) is 0 Å². The molecule has 6 aromatic carbocycles. The highest BCUT2D eigenvalue weighted by molar-refractivity contribution is 6.10. The van der Waals surface area contributed by atoms with Gasteiger partial charge in [0.05, 0.1) is 7.11 Å². The molecule has 0 amide bonds. The first-order valence-corrected chi connectivity index (χ1v) is 12.5. The summed E-state index contributed by atoms with van der Waals surface area (Å²) in [4.78, 5) is 2.25. The topological polar surface area (TPSA) is 12.5 Å². The van der Waals surface area contributed by atoms with Crippen LogP contribution < -0.4 is 9.64 Å². The van der Waals surface area contributed by atoms with Gasteiger partial charge in [0.15, 0.2) is 0 Å².